The van der Waals surface area contributed by atoms with Gasteiger partial charge in [0.15, 0.2) is 0 Å². The Morgan fingerprint density at radius 3 is 3.17 bits per heavy atom. The predicted molar refractivity (Wildman–Crippen MR) is 48.8 cm³/mol. The Kier molecular flexibility index (Phi) is 1.69. The Morgan fingerprint density at radius 2 is 2.50 bits per heavy atom. The number of alkyl halides is 1. The molecule has 0 amide bonds. The van der Waals surface area contributed by atoms with Gasteiger partial charge in [0, 0.05) is 11.8 Å². The molecule has 0 heterocycles. The number of rotatable bonds is 0. The van der Waals surface area contributed by atoms with Gasteiger partial charge in [-0.25, -0.2) is 0 Å². The molecule has 0 bridgehead atoms. The molecule has 1 N–H and O–H groups in total. The van der Waals surface area contributed by atoms with Crippen molar-refractivity contribution in [1.82, 2.24) is 0 Å². The van der Waals surface area contributed by atoms with Crippen molar-refractivity contribution in [3.8, 4) is 0 Å². The van der Waals surface area contributed by atoms with Gasteiger partial charge >= 0.3 is 0 Å². The van der Waals surface area contributed by atoms with Crippen molar-refractivity contribution in [2.75, 3.05) is 0 Å². The molecule has 2 aliphatic carbocycles. The molecule has 1 fully saturated rings. The molecule has 3 heteroatoms. The second-order valence-electron chi connectivity index (χ2n) is 3.63. The van der Waals surface area contributed by atoms with Crippen molar-refractivity contribution in [2.24, 2.45) is 17.0 Å². The van der Waals surface area contributed by atoms with Gasteiger partial charge in [0.05, 0.1) is 10.6 Å². The zero-order valence-corrected chi connectivity index (χ0v) is 7.75. The van der Waals surface area contributed by atoms with Gasteiger partial charge in [-0.15, -0.1) is 11.6 Å². The lowest BCUT2D eigenvalue weighted by Crippen LogP contribution is -2.58. The Labute approximate surface area is 76.9 Å². The van der Waals surface area contributed by atoms with E-state index in [2.05, 4.69) is 24.2 Å². The summed E-state index contributed by atoms with van der Waals surface area (Å²) in [6.07, 6.45) is 6.21. The molecule has 0 aromatic rings. The minimum atomic E-state index is -0.358. The molecule has 66 valence electrons. The van der Waals surface area contributed by atoms with Gasteiger partial charge in [-0.1, -0.05) is 24.2 Å². The molecule has 0 spiro atoms. The standard InChI is InChI=1S/C9H12ClNO/c1-6-7-4-2-3-5-9(7,10)8(6)11-12/h2,4,6-7,12H,3,5H2,1H3. The summed E-state index contributed by atoms with van der Waals surface area (Å²) in [7, 11) is 0. The monoisotopic (exact) mass is 185 g/mol. The molecule has 2 nitrogen and oxygen atoms in total. The van der Waals surface area contributed by atoms with E-state index in [0.29, 0.717) is 11.8 Å². The molecule has 0 aliphatic heterocycles. The summed E-state index contributed by atoms with van der Waals surface area (Å²) in [6, 6.07) is 0. The van der Waals surface area contributed by atoms with E-state index >= 15 is 0 Å². The summed E-state index contributed by atoms with van der Waals surface area (Å²) in [6.45, 7) is 2.05. The summed E-state index contributed by atoms with van der Waals surface area (Å²) in [4.78, 5) is -0.358. The van der Waals surface area contributed by atoms with Crippen LogP contribution in [0, 0.1) is 11.8 Å². The Balaban J connectivity index is 2.32. The van der Waals surface area contributed by atoms with Gasteiger partial charge in [-0.05, 0) is 12.8 Å². The van der Waals surface area contributed by atoms with Gasteiger partial charge in [-0.3, -0.25) is 0 Å². The number of fused-ring (bicyclic) bond motifs is 1. The van der Waals surface area contributed by atoms with E-state index in [-0.39, 0.29) is 4.87 Å². The highest BCUT2D eigenvalue weighted by molar-refractivity contribution is 6.39. The fourth-order valence-electron chi connectivity index (χ4n) is 2.34. The Hall–Kier alpha value is -0.500. The van der Waals surface area contributed by atoms with Gasteiger partial charge in [0.25, 0.3) is 0 Å². The zero-order chi connectivity index (χ0) is 8.77. The van der Waals surface area contributed by atoms with Crippen molar-refractivity contribution in [3.63, 3.8) is 0 Å². The largest absolute Gasteiger partial charge is 0.411 e. The molecule has 2 rings (SSSR count). The van der Waals surface area contributed by atoms with Crippen molar-refractivity contribution in [2.45, 2.75) is 24.6 Å². The van der Waals surface area contributed by atoms with Crippen LogP contribution >= 0.6 is 11.6 Å². The summed E-state index contributed by atoms with van der Waals surface area (Å²) in [5.41, 5.74) is 0.763. The lowest BCUT2D eigenvalue weighted by Gasteiger charge is -2.50. The number of oxime groups is 1. The van der Waals surface area contributed by atoms with Crippen LogP contribution in [0.1, 0.15) is 19.8 Å². The quantitative estimate of drug-likeness (QED) is 0.267. The Morgan fingerprint density at radius 1 is 1.75 bits per heavy atom. The van der Waals surface area contributed by atoms with E-state index in [1.807, 2.05) is 0 Å². The van der Waals surface area contributed by atoms with Crippen LogP contribution in [0.2, 0.25) is 0 Å². The summed E-state index contributed by atoms with van der Waals surface area (Å²) in [5, 5.41) is 12.0. The molecule has 1 saturated carbocycles. The van der Waals surface area contributed by atoms with E-state index in [1.54, 1.807) is 0 Å². The van der Waals surface area contributed by atoms with Crippen molar-refractivity contribution >= 4 is 17.3 Å². The maximum Gasteiger partial charge on any atom is 0.0934 e. The maximum atomic E-state index is 8.74. The van der Waals surface area contributed by atoms with E-state index in [4.69, 9.17) is 16.8 Å². The summed E-state index contributed by atoms with van der Waals surface area (Å²) in [5.74, 6) is 0.683. The molecule has 3 unspecified atom stereocenters. The number of nitrogens with zero attached hydrogens (tertiary/aromatic N) is 1. The van der Waals surface area contributed by atoms with Gasteiger partial charge in [0.2, 0.25) is 0 Å². The first kappa shape index (κ1) is 8.11. The van der Waals surface area contributed by atoms with Crippen molar-refractivity contribution in [3.05, 3.63) is 12.2 Å². The van der Waals surface area contributed by atoms with Gasteiger partial charge in [-0.2, -0.15) is 0 Å². The van der Waals surface area contributed by atoms with Crippen molar-refractivity contribution in [1.29, 1.82) is 0 Å². The van der Waals surface area contributed by atoms with Crippen LogP contribution in [0.4, 0.5) is 0 Å². The van der Waals surface area contributed by atoms with Crippen LogP contribution in [0.15, 0.2) is 17.3 Å². The minimum absolute atomic E-state index is 0.309. The number of halogens is 1. The minimum Gasteiger partial charge on any atom is -0.411 e. The third kappa shape index (κ3) is 0.789. The van der Waals surface area contributed by atoms with Crippen LogP contribution in [0.25, 0.3) is 0 Å². The zero-order valence-electron chi connectivity index (χ0n) is 7.00. The summed E-state index contributed by atoms with van der Waals surface area (Å²) < 4.78 is 0. The first-order chi connectivity index (χ1) is 5.70. The molecule has 12 heavy (non-hydrogen) atoms. The molecule has 0 aromatic heterocycles. The van der Waals surface area contributed by atoms with E-state index in [9.17, 15) is 0 Å². The van der Waals surface area contributed by atoms with Gasteiger partial charge < -0.3 is 5.21 Å². The average Bonchev–Trinajstić information content (AvgIpc) is 2.04. The van der Waals surface area contributed by atoms with Crippen LogP contribution < -0.4 is 0 Å². The van der Waals surface area contributed by atoms with E-state index in [1.165, 1.54) is 0 Å². The molecule has 0 saturated heterocycles. The lowest BCUT2D eigenvalue weighted by atomic mass is 9.59. The highest BCUT2D eigenvalue weighted by Crippen LogP contribution is 2.51. The maximum absolute atomic E-state index is 8.74. The normalized spacial score (nSPS) is 48.7. The third-order valence-electron chi connectivity index (χ3n) is 3.05. The number of hydrogen-bond donors (Lipinski definition) is 1. The van der Waals surface area contributed by atoms with Crippen LogP contribution in [-0.2, 0) is 0 Å². The van der Waals surface area contributed by atoms with E-state index in [0.717, 1.165) is 18.6 Å². The molecule has 0 aromatic carbocycles. The summed E-state index contributed by atoms with van der Waals surface area (Å²) >= 11 is 6.33. The molecular weight excluding hydrogens is 174 g/mol. The highest BCUT2D eigenvalue weighted by Gasteiger charge is 2.56. The topological polar surface area (TPSA) is 32.6 Å². The third-order valence-corrected chi connectivity index (χ3v) is 3.68. The fraction of sp³-hybridized carbons (Fsp3) is 0.667. The van der Waals surface area contributed by atoms with E-state index < -0.39 is 0 Å². The SMILES string of the molecule is CC1C(=NO)C2(Cl)CCC=CC12. The average molecular weight is 186 g/mol. The predicted octanol–water partition coefficient (Wildman–Crippen LogP) is 2.41. The first-order valence-corrected chi connectivity index (χ1v) is 4.66. The number of hydrogen-bond acceptors (Lipinski definition) is 2. The second kappa shape index (κ2) is 2.49. The lowest BCUT2D eigenvalue weighted by molar-refractivity contribution is 0.269. The van der Waals surface area contributed by atoms with Crippen LogP contribution in [-0.4, -0.2) is 15.8 Å². The number of allylic oxidation sites excluding steroid dienone is 2. The molecular formula is C9H12ClNO. The molecule has 3 atom stereocenters. The van der Waals surface area contributed by atoms with Gasteiger partial charge in [0.1, 0.15) is 0 Å². The molecule has 0 radical (unpaired) electrons. The van der Waals surface area contributed by atoms with Crippen LogP contribution in [0.3, 0.4) is 0 Å². The van der Waals surface area contributed by atoms with Crippen LogP contribution in [0.5, 0.6) is 0 Å². The highest BCUT2D eigenvalue weighted by atomic mass is 35.5. The molecule has 2 aliphatic rings. The Bertz CT molecular complexity index is 261. The smallest absolute Gasteiger partial charge is 0.0934 e. The fourth-order valence-corrected chi connectivity index (χ4v) is 2.92. The first-order valence-electron chi connectivity index (χ1n) is 4.28. The van der Waals surface area contributed by atoms with Crippen molar-refractivity contribution < 1.29 is 5.21 Å². The second-order valence-corrected chi connectivity index (χ2v) is 4.30.